The Bertz CT molecular complexity index is 733. The minimum absolute atomic E-state index is 0.00634. The molecule has 0 aliphatic rings. The molecule has 0 heterocycles. The molecule has 0 fully saturated rings. The average Bonchev–Trinajstić information content (AvgIpc) is 2.64. The van der Waals surface area contributed by atoms with Crippen LogP contribution in [0.25, 0.3) is 0 Å². The van der Waals surface area contributed by atoms with Crippen LogP contribution >= 0.6 is 0 Å². The second kappa shape index (κ2) is 11.2. The number of rotatable bonds is 7. The highest BCUT2D eigenvalue weighted by molar-refractivity contribution is 5.39. The summed E-state index contributed by atoms with van der Waals surface area (Å²) in [4.78, 5) is 0. The summed E-state index contributed by atoms with van der Waals surface area (Å²) in [7, 11) is 0. The minimum Gasteiger partial charge on any atom is -0.504 e. The number of alkyl halides is 6. The van der Waals surface area contributed by atoms with Gasteiger partial charge in [-0.25, -0.2) is 0 Å². The van der Waals surface area contributed by atoms with E-state index in [1.54, 1.807) is 6.07 Å². The van der Waals surface area contributed by atoms with Crippen LogP contribution in [0.4, 0.5) is 26.3 Å². The monoisotopic (exact) mass is 428 g/mol. The number of hydrogen-bond donors (Lipinski definition) is 2. The van der Waals surface area contributed by atoms with Gasteiger partial charge in [0.2, 0.25) is 0 Å². The Kier molecular flexibility index (Phi) is 9.39. The van der Waals surface area contributed by atoms with Gasteiger partial charge >= 0.3 is 12.4 Å². The number of aliphatic hydroxyl groups is 1. The molecule has 0 saturated heterocycles. The third-order valence-electron chi connectivity index (χ3n) is 2.85. The van der Waals surface area contributed by atoms with Crippen LogP contribution in [-0.2, 0) is 0 Å². The number of phenolic OH excluding ortho intramolecular Hbond substituents is 1. The Morgan fingerprint density at radius 2 is 1.07 bits per heavy atom. The molecule has 0 atom stereocenters. The molecule has 2 aromatic rings. The molecule has 11 heteroatoms. The zero-order valence-corrected chi connectivity index (χ0v) is 14.8. The fourth-order valence-corrected chi connectivity index (χ4v) is 1.74. The molecular formula is C18H18F6O5. The Morgan fingerprint density at radius 1 is 0.655 bits per heavy atom. The van der Waals surface area contributed by atoms with Crippen LogP contribution in [0.5, 0.6) is 23.0 Å². The number of ether oxygens (including phenoxy) is 3. The van der Waals surface area contributed by atoms with Crippen molar-refractivity contribution in [3.05, 3.63) is 48.5 Å². The molecule has 0 aromatic heterocycles. The molecular weight excluding hydrogens is 410 g/mol. The van der Waals surface area contributed by atoms with Gasteiger partial charge in [-0.15, -0.1) is 0 Å². The molecule has 0 amide bonds. The van der Waals surface area contributed by atoms with Crippen LogP contribution in [0.3, 0.4) is 0 Å². The van der Waals surface area contributed by atoms with Crippen molar-refractivity contribution in [2.45, 2.75) is 12.4 Å². The molecule has 2 aromatic carbocycles. The molecule has 0 aliphatic carbocycles. The quantitative estimate of drug-likeness (QED) is 0.643. The van der Waals surface area contributed by atoms with Crippen LogP contribution in [0.15, 0.2) is 48.5 Å². The molecule has 0 saturated carbocycles. The number of aromatic hydroxyl groups is 1. The SMILES string of the molecule is OCCOc1ccccc1OCC(F)(F)F.Oc1ccccc1OCC(F)(F)F. The number of para-hydroxylation sites is 4. The normalized spacial score (nSPS) is 11.3. The molecule has 2 N–H and O–H groups in total. The summed E-state index contributed by atoms with van der Waals surface area (Å²) in [6.07, 6.45) is -8.77. The first-order valence-corrected chi connectivity index (χ1v) is 8.01. The second-order valence-electron chi connectivity index (χ2n) is 5.29. The summed E-state index contributed by atoms with van der Waals surface area (Å²) < 4.78 is 84.7. The zero-order chi connectivity index (χ0) is 21.9. The number of halogens is 6. The van der Waals surface area contributed by atoms with Gasteiger partial charge in [0.05, 0.1) is 6.61 Å². The second-order valence-corrected chi connectivity index (χ2v) is 5.29. The van der Waals surface area contributed by atoms with Crippen LogP contribution in [0.1, 0.15) is 0 Å². The Hall–Kier alpha value is -2.82. The van der Waals surface area contributed by atoms with E-state index in [1.807, 2.05) is 0 Å². The van der Waals surface area contributed by atoms with Crippen molar-refractivity contribution in [1.82, 2.24) is 0 Å². The van der Waals surface area contributed by atoms with E-state index >= 15 is 0 Å². The Balaban J connectivity index is 0.000000296. The third kappa shape index (κ3) is 10.9. The van der Waals surface area contributed by atoms with Crippen molar-refractivity contribution in [1.29, 1.82) is 0 Å². The maximum atomic E-state index is 11.9. The van der Waals surface area contributed by atoms with E-state index in [-0.39, 0.29) is 36.2 Å². The van der Waals surface area contributed by atoms with Crippen LogP contribution < -0.4 is 14.2 Å². The fraction of sp³-hybridized carbons (Fsp3) is 0.333. The Morgan fingerprint density at radius 3 is 1.52 bits per heavy atom. The topological polar surface area (TPSA) is 68.2 Å². The lowest BCUT2D eigenvalue weighted by Crippen LogP contribution is -2.19. The van der Waals surface area contributed by atoms with Gasteiger partial charge in [0.25, 0.3) is 0 Å². The van der Waals surface area contributed by atoms with E-state index in [4.69, 9.17) is 14.9 Å². The van der Waals surface area contributed by atoms with E-state index in [1.165, 1.54) is 42.5 Å². The largest absolute Gasteiger partial charge is 0.504 e. The van der Waals surface area contributed by atoms with E-state index in [0.717, 1.165) is 0 Å². The molecule has 0 unspecified atom stereocenters. The highest BCUT2D eigenvalue weighted by atomic mass is 19.4. The van der Waals surface area contributed by atoms with Crippen LogP contribution in [0, 0.1) is 0 Å². The highest BCUT2D eigenvalue weighted by Gasteiger charge is 2.29. The van der Waals surface area contributed by atoms with E-state index in [0.29, 0.717) is 0 Å². The van der Waals surface area contributed by atoms with E-state index in [2.05, 4.69) is 9.47 Å². The van der Waals surface area contributed by atoms with E-state index < -0.39 is 25.6 Å². The number of phenols is 1. The van der Waals surface area contributed by atoms with Gasteiger partial charge in [-0.3, -0.25) is 0 Å². The van der Waals surface area contributed by atoms with Gasteiger partial charge in [-0.1, -0.05) is 24.3 Å². The summed E-state index contributed by atoms with van der Waals surface area (Å²) in [6, 6.07) is 11.5. The van der Waals surface area contributed by atoms with Gasteiger partial charge < -0.3 is 24.4 Å². The minimum atomic E-state index is -4.39. The van der Waals surface area contributed by atoms with Crippen molar-refractivity contribution in [3.8, 4) is 23.0 Å². The van der Waals surface area contributed by atoms with E-state index in [9.17, 15) is 26.3 Å². The maximum absolute atomic E-state index is 11.9. The fourth-order valence-electron chi connectivity index (χ4n) is 1.74. The van der Waals surface area contributed by atoms with Crippen molar-refractivity contribution in [2.75, 3.05) is 26.4 Å². The summed E-state index contributed by atoms with van der Waals surface area (Å²) in [5, 5.41) is 17.5. The molecule has 0 aliphatic heterocycles. The first kappa shape index (κ1) is 24.2. The summed E-state index contributed by atoms with van der Waals surface area (Å²) in [5.41, 5.74) is 0. The average molecular weight is 428 g/mol. The number of hydrogen-bond acceptors (Lipinski definition) is 5. The van der Waals surface area contributed by atoms with Gasteiger partial charge in [0, 0.05) is 0 Å². The molecule has 0 bridgehead atoms. The lowest BCUT2D eigenvalue weighted by atomic mass is 10.3. The predicted octanol–water partition coefficient (Wildman–Crippen LogP) is 4.33. The third-order valence-corrected chi connectivity index (χ3v) is 2.85. The summed E-state index contributed by atoms with van der Waals surface area (Å²) >= 11 is 0. The molecule has 29 heavy (non-hydrogen) atoms. The van der Waals surface area contributed by atoms with Crippen LogP contribution in [0.2, 0.25) is 0 Å². The standard InChI is InChI=1S/C10H11F3O3.C8H7F3O2/c11-10(12,13)7-16-9-4-2-1-3-8(9)15-6-5-14;9-8(10,11)5-13-7-4-2-1-3-6(7)12/h1-4,14H,5-7H2;1-4,12H,5H2. The highest BCUT2D eigenvalue weighted by Crippen LogP contribution is 2.28. The van der Waals surface area contributed by atoms with Crippen molar-refractivity contribution >= 4 is 0 Å². The molecule has 162 valence electrons. The Labute approximate surface area is 162 Å². The van der Waals surface area contributed by atoms with Gasteiger partial charge in [-0.05, 0) is 24.3 Å². The number of aliphatic hydroxyl groups excluding tert-OH is 1. The van der Waals surface area contributed by atoms with Crippen molar-refractivity contribution < 1.29 is 50.8 Å². The molecule has 5 nitrogen and oxygen atoms in total. The lowest BCUT2D eigenvalue weighted by molar-refractivity contribution is -0.154. The smallest absolute Gasteiger partial charge is 0.422 e. The molecule has 2 rings (SSSR count). The zero-order valence-electron chi connectivity index (χ0n) is 14.8. The van der Waals surface area contributed by atoms with Gasteiger partial charge in [-0.2, -0.15) is 26.3 Å². The predicted molar refractivity (Wildman–Crippen MR) is 90.2 cm³/mol. The number of benzene rings is 2. The van der Waals surface area contributed by atoms with Gasteiger partial charge in [0.1, 0.15) is 6.61 Å². The maximum Gasteiger partial charge on any atom is 0.422 e. The van der Waals surface area contributed by atoms with Gasteiger partial charge in [0.15, 0.2) is 36.2 Å². The molecule has 0 spiro atoms. The lowest BCUT2D eigenvalue weighted by Gasteiger charge is -2.13. The summed E-state index contributed by atoms with van der Waals surface area (Å²) in [5.74, 6) is -0.277. The summed E-state index contributed by atoms with van der Waals surface area (Å²) in [6.45, 7) is -2.98. The van der Waals surface area contributed by atoms with Crippen molar-refractivity contribution in [2.24, 2.45) is 0 Å². The van der Waals surface area contributed by atoms with Crippen LogP contribution in [-0.4, -0.2) is 49.0 Å². The van der Waals surface area contributed by atoms with Crippen molar-refractivity contribution in [3.63, 3.8) is 0 Å². The first-order chi connectivity index (χ1) is 13.5. The molecule has 0 radical (unpaired) electrons. The first-order valence-electron chi connectivity index (χ1n) is 8.01.